The molecule has 0 bridgehead atoms. The first-order valence-corrected chi connectivity index (χ1v) is 18.8. The molecule has 3 aromatic heterocycles. The Kier molecular flexibility index (Phi) is 10.6. The lowest BCUT2D eigenvalue weighted by molar-refractivity contribution is -0.137. The second kappa shape index (κ2) is 15.2. The number of rotatable bonds is 10. The summed E-state index contributed by atoms with van der Waals surface area (Å²) < 4.78 is 80.9. The summed E-state index contributed by atoms with van der Waals surface area (Å²) in [5, 5.41) is 5.55. The number of amides is 4. The van der Waals surface area contributed by atoms with E-state index in [-0.39, 0.29) is 11.6 Å². The summed E-state index contributed by atoms with van der Waals surface area (Å²) in [6.07, 6.45) is -0.295. The molecule has 0 spiro atoms. The van der Waals surface area contributed by atoms with Crippen LogP contribution in [-0.2, 0) is 25.5 Å². The van der Waals surface area contributed by atoms with Crippen molar-refractivity contribution < 1.29 is 55.4 Å². The van der Waals surface area contributed by atoms with Crippen LogP contribution in [0.2, 0.25) is 0 Å². The van der Waals surface area contributed by atoms with Crippen molar-refractivity contribution in [1.29, 1.82) is 0 Å². The fourth-order valence-electron chi connectivity index (χ4n) is 7.74. The van der Waals surface area contributed by atoms with E-state index in [2.05, 4.69) is 40.0 Å². The van der Waals surface area contributed by atoms with Crippen molar-refractivity contribution in [2.24, 2.45) is 11.8 Å². The molecule has 0 saturated carbocycles. The molecule has 58 heavy (non-hydrogen) atoms. The largest absolute Gasteiger partial charge is 0.483 e. The summed E-state index contributed by atoms with van der Waals surface area (Å²) in [7, 11) is 2.29. The fraction of sp³-hybridized carbons (Fsp3) is 0.526. The van der Waals surface area contributed by atoms with Gasteiger partial charge in [-0.1, -0.05) is 27.7 Å². The number of ether oxygens (including phenoxy) is 3. The van der Waals surface area contributed by atoms with Crippen molar-refractivity contribution in [2.45, 2.75) is 89.1 Å². The van der Waals surface area contributed by atoms with Crippen molar-refractivity contribution in [3.8, 4) is 17.2 Å². The van der Waals surface area contributed by atoms with Gasteiger partial charge in [0.05, 0.1) is 57.5 Å². The van der Waals surface area contributed by atoms with E-state index >= 15 is 0 Å². The quantitative estimate of drug-likeness (QED) is 0.142. The summed E-state index contributed by atoms with van der Waals surface area (Å²) in [5.41, 5.74) is 2.19. The predicted octanol–water partition coefficient (Wildman–Crippen LogP) is 5.80. The van der Waals surface area contributed by atoms with Crippen LogP contribution in [0.3, 0.4) is 0 Å². The molecule has 2 saturated heterocycles. The van der Waals surface area contributed by atoms with E-state index in [1.165, 1.54) is 12.4 Å². The zero-order valence-corrected chi connectivity index (χ0v) is 32.5. The summed E-state index contributed by atoms with van der Waals surface area (Å²) in [4.78, 5) is 67.8. The smallest absolute Gasteiger partial charge is 0.407 e. The van der Waals surface area contributed by atoms with Crippen LogP contribution in [0.5, 0.6) is 5.75 Å². The Hall–Kier alpha value is -5.82. The Balaban J connectivity index is 1.06. The van der Waals surface area contributed by atoms with Gasteiger partial charge in [0.15, 0.2) is 5.76 Å². The van der Waals surface area contributed by atoms with E-state index in [1.54, 1.807) is 45.9 Å². The van der Waals surface area contributed by atoms with Gasteiger partial charge in [-0.2, -0.15) is 0 Å². The Morgan fingerprint density at radius 2 is 1.34 bits per heavy atom. The lowest BCUT2D eigenvalue weighted by atomic mass is 10.0. The van der Waals surface area contributed by atoms with Crippen LogP contribution in [-0.4, -0.2) is 105 Å². The molecule has 4 aromatic rings. The third kappa shape index (κ3) is 7.87. The molecular weight excluding hydrogens is 772 g/mol. The molecule has 4 N–H and O–H groups in total. The maximum atomic E-state index is 14.8. The zero-order chi connectivity index (χ0) is 41.8. The number of alkyl halides is 4. The molecule has 312 valence electrons. The number of fused-ring (bicyclic) bond motifs is 2. The molecule has 1 aromatic carbocycles. The number of nitrogens with zero attached hydrogens (tertiary/aromatic N) is 4. The third-order valence-electron chi connectivity index (χ3n) is 10.7. The third-order valence-corrected chi connectivity index (χ3v) is 10.7. The number of H-pyrrole nitrogens is 2. The van der Waals surface area contributed by atoms with Crippen LogP contribution in [0, 0.1) is 11.8 Å². The highest BCUT2D eigenvalue weighted by atomic mass is 19.3. The fourth-order valence-corrected chi connectivity index (χ4v) is 7.74. The van der Waals surface area contributed by atoms with Crippen molar-refractivity contribution in [3.05, 3.63) is 53.5 Å². The van der Waals surface area contributed by atoms with Gasteiger partial charge in [0.1, 0.15) is 46.9 Å². The van der Waals surface area contributed by atoms with E-state index in [1.807, 2.05) is 0 Å². The van der Waals surface area contributed by atoms with Crippen LogP contribution in [0.15, 0.2) is 35.0 Å². The number of likely N-dealkylation sites (tertiary alicyclic amines) is 2. The molecule has 0 aliphatic carbocycles. The first kappa shape index (κ1) is 40.4. The number of hydrogen-bond donors (Lipinski definition) is 4. The number of hydrogen-bond acceptors (Lipinski definition) is 10. The Morgan fingerprint density at radius 1 is 0.810 bits per heavy atom. The van der Waals surface area contributed by atoms with E-state index in [4.69, 9.17) is 9.15 Å². The Morgan fingerprint density at radius 3 is 1.88 bits per heavy atom. The lowest BCUT2D eigenvalue weighted by Gasteiger charge is -2.29. The highest BCUT2D eigenvalue weighted by Gasteiger charge is 2.52. The van der Waals surface area contributed by atoms with E-state index in [9.17, 15) is 36.7 Å². The van der Waals surface area contributed by atoms with E-state index in [0.717, 1.165) is 29.6 Å². The van der Waals surface area contributed by atoms with Crippen molar-refractivity contribution in [3.63, 3.8) is 0 Å². The normalized spacial score (nSPS) is 21.9. The first-order chi connectivity index (χ1) is 27.4. The van der Waals surface area contributed by atoms with Gasteiger partial charge in [-0.3, -0.25) is 9.59 Å². The zero-order valence-electron chi connectivity index (χ0n) is 32.5. The van der Waals surface area contributed by atoms with Gasteiger partial charge in [-0.15, -0.1) is 0 Å². The number of alkyl carbamates (subject to hydrolysis) is 2. The average molecular weight is 817 g/mol. The Labute approximate surface area is 329 Å². The second-order valence-electron chi connectivity index (χ2n) is 15.6. The number of halogens is 4. The van der Waals surface area contributed by atoms with Gasteiger partial charge >= 0.3 is 12.2 Å². The number of carbonyl (C=O) groups is 4. The van der Waals surface area contributed by atoms with Crippen molar-refractivity contribution >= 4 is 35.0 Å². The minimum atomic E-state index is -3.19. The van der Waals surface area contributed by atoms with Crippen LogP contribution in [0.4, 0.5) is 27.2 Å². The summed E-state index contributed by atoms with van der Waals surface area (Å²) in [6, 6.07) is 0.927. The molecule has 6 heterocycles. The number of benzene rings is 1. The van der Waals surface area contributed by atoms with Crippen LogP contribution in [0.1, 0.15) is 81.6 Å². The van der Waals surface area contributed by atoms with Crippen LogP contribution < -0.4 is 15.4 Å². The maximum absolute atomic E-state index is 14.8. The Bertz CT molecular complexity index is 2180. The molecule has 5 atom stereocenters. The number of aromatic amines is 2. The molecular formula is C38H44F4N8O8. The number of methoxy groups -OCH3 is 2. The number of imidazole rings is 2. The predicted molar refractivity (Wildman–Crippen MR) is 196 cm³/mol. The van der Waals surface area contributed by atoms with Crippen LogP contribution in [0.25, 0.3) is 22.4 Å². The van der Waals surface area contributed by atoms with Gasteiger partial charge < -0.3 is 49.0 Å². The molecule has 2 fully saturated rings. The number of furan rings is 1. The number of nitrogens with one attached hydrogen (secondary N) is 4. The molecule has 4 amide bonds. The molecule has 16 nitrogen and oxygen atoms in total. The lowest BCUT2D eigenvalue weighted by Crippen LogP contribution is -2.51. The number of carbonyl (C=O) groups excluding carboxylic acids is 4. The minimum absolute atomic E-state index is 0.126. The second-order valence-corrected chi connectivity index (χ2v) is 15.6. The highest BCUT2D eigenvalue weighted by Crippen LogP contribution is 2.45. The summed E-state index contributed by atoms with van der Waals surface area (Å²) in [5.74, 6) is -7.39. The van der Waals surface area contributed by atoms with Gasteiger partial charge in [0.2, 0.25) is 11.8 Å². The van der Waals surface area contributed by atoms with Gasteiger partial charge in [-0.05, 0) is 30.0 Å². The van der Waals surface area contributed by atoms with Gasteiger partial charge in [0.25, 0.3) is 11.8 Å². The summed E-state index contributed by atoms with van der Waals surface area (Å²) in [6.45, 7) is 5.05. The summed E-state index contributed by atoms with van der Waals surface area (Å²) >= 11 is 0. The molecule has 3 aliphatic rings. The van der Waals surface area contributed by atoms with Crippen molar-refractivity contribution in [2.75, 3.05) is 27.3 Å². The van der Waals surface area contributed by atoms with E-state index in [0.29, 0.717) is 40.3 Å². The molecule has 0 radical (unpaired) electrons. The van der Waals surface area contributed by atoms with Gasteiger partial charge in [0, 0.05) is 30.2 Å². The topological polar surface area (TPSA) is 197 Å². The minimum Gasteiger partial charge on any atom is -0.483 e. The average Bonchev–Trinajstić information content (AvgIpc) is 4.02. The SMILES string of the molecule is COC(=O)NC(C(=O)N1CC(F)(F)C[C@H]1c1ncc(-c2cc3cc4c(cc3o2)CC(c2cnc([C@@H]3CC(F)(F)CN3C(=O)[C@@H](NC(=O)OC)C(C)C)[nH]2)O4)[nH]1)C(C)C. The maximum Gasteiger partial charge on any atom is 0.407 e. The standard InChI is InChI=1S/C38H44F4N8O8/c1-17(2)29(47-35(53)55-5)33(51)49-15-37(39,40)11-23(49)31-43-13-21(45-31)27-9-19-7-26-20(8-25(19)57-27)10-28(58-26)22-14-44-32(46-22)24-12-38(41,42)16-50(24)34(52)30(18(3)4)48-36(54)56-6/h7-9,13-14,17-18,23-24,28-30H,10-12,15-16H2,1-6H3,(H,43,45)(H,44,46)(H,47,53)(H,48,54)/t23-,24-,28?,29?,30-/m0/s1. The first-order valence-electron chi connectivity index (χ1n) is 18.8. The van der Waals surface area contributed by atoms with Crippen LogP contribution >= 0.6 is 0 Å². The van der Waals surface area contributed by atoms with Gasteiger partial charge in [-0.25, -0.2) is 37.1 Å². The molecule has 20 heteroatoms. The monoisotopic (exact) mass is 816 g/mol. The molecule has 7 rings (SSSR count). The van der Waals surface area contributed by atoms with E-state index < -0.39 is 104 Å². The highest BCUT2D eigenvalue weighted by molar-refractivity contribution is 5.88. The molecule has 3 aliphatic heterocycles. The number of aromatic nitrogens is 4. The molecule has 2 unspecified atom stereocenters. The van der Waals surface area contributed by atoms with Crippen molar-refractivity contribution in [1.82, 2.24) is 40.4 Å².